The van der Waals surface area contributed by atoms with Crippen LogP contribution in [0.5, 0.6) is 0 Å². The maximum Gasteiger partial charge on any atom is 0.176 e. The van der Waals surface area contributed by atoms with E-state index in [0.717, 1.165) is 0 Å². The zero-order valence-electron chi connectivity index (χ0n) is 5.47. The Labute approximate surface area is 61.9 Å². The van der Waals surface area contributed by atoms with E-state index in [1.54, 1.807) is 0 Å². The third kappa shape index (κ3) is 0.730. The Morgan fingerprint density at radius 3 is 3.27 bits per heavy atom. The molecule has 0 saturated heterocycles. The van der Waals surface area contributed by atoms with E-state index in [9.17, 15) is 0 Å². The molecule has 0 N–H and O–H groups in total. The highest BCUT2D eigenvalue weighted by molar-refractivity contribution is 5.51. The molecule has 2 rings (SSSR count). The van der Waals surface area contributed by atoms with Gasteiger partial charge in [0, 0.05) is 0 Å². The minimum Gasteiger partial charge on any atom is -0.243 e. The molecular formula is C6H3N5. The molecule has 0 aromatic carbocycles. The van der Waals surface area contributed by atoms with Crippen molar-refractivity contribution >= 4 is 5.65 Å². The molecule has 0 atom stereocenters. The lowest BCUT2D eigenvalue weighted by molar-refractivity contribution is 0.918. The van der Waals surface area contributed by atoms with Gasteiger partial charge in [-0.1, -0.05) is 0 Å². The quantitative estimate of drug-likeness (QED) is 0.523. The van der Waals surface area contributed by atoms with Gasteiger partial charge in [0.05, 0.1) is 6.20 Å². The summed E-state index contributed by atoms with van der Waals surface area (Å²) < 4.78 is 1.46. The van der Waals surface area contributed by atoms with Gasteiger partial charge in [0.15, 0.2) is 5.65 Å². The number of rotatable bonds is 0. The summed E-state index contributed by atoms with van der Waals surface area (Å²) in [4.78, 5) is 7.67. The van der Waals surface area contributed by atoms with Crippen LogP contribution < -0.4 is 0 Å². The van der Waals surface area contributed by atoms with Crippen molar-refractivity contribution in [1.82, 2.24) is 19.6 Å². The van der Waals surface area contributed by atoms with Gasteiger partial charge in [0.2, 0.25) is 0 Å². The highest BCUT2D eigenvalue weighted by atomic mass is 15.3. The van der Waals surface area contributed by atoms with Gasteiger partial charge in [-0.05, 0) is 0 Å². The Hall–Kier alpha value is -1.96. The third-order valence-electron chi connectivity index (χ3n) is 1.31. The number of aromatic nitrogens is 4. The van der Waals surface area contributed by atoms with Gasteiger partial charge in [-0.3, -0.25) is 0 Å². The van der Waals surface area contributed by atoms with Crippen LogP contribution in [0.1, 0.15) is 5.56 Å². The molecular weight excluding hydrogens is 142 g/mol. The zero-order chi connectivity index (χ0) is 7.68. The summed E-state index contributed by atoms with van der Waals surface area (Å²) in [5.74, 6) is 0. The van der Waals surface area contributed by atoms with Gasteiger partial charge in [0.1, 0.15) is 24.3 Å². The van der Waals surface area contributed by atoms with E-state index in [-0.39, 0.29) is 0 Å². The van der Waals surface area contributed by atoms with Gasteiger partial charge >= 0.3 is 0 Å². The summed E-state index contributed by atoms with van der Waals surface area (Å²) in [6.45, 7) is 0. The molecule has 52 valence electrons. The van der Waals surface area contributed by atoms with Crippen molar-refractivity contribution in [3.63, 3.8) is 0 Å². The predicted octanol–water partition coefficient (Wildman–Crippen LogP) is -0.00402. The minimum absolute atomic E-state index is 0.435. The SMILES string of the molecule is N#Cc1cncn2ncnc12. The van der Waals surface area contributed by atoms with Crippen molar-refractivity contribution in [3.8, 4) is 6.07 Å². The molecule has 0 unspecified atom stereocenters. The van der Waals surface area contributed by atoms with Crippen molar-refractivity contribution in [2.24, 2.45) is 0 Å². The fraction of sp³-hybridized carbons (Fsp3) is 0. The average molecular weight is 145 g/mol. The van der Waals surface area contributed by atoms with Crippen molar-refractivity contribution in [3.05, 3.63) is 24.4 Å². The topological polar surface area (TPSA) is 66.9 Å². The van der Waals surface area contributed by atoms with Gasteiger partial charge < -0.3 is 0 Å². The predicted molar refractivity (Wildman–Crippen MR) is 35.5 cm³/mol. The van der Waals surface area contributed by atoms with Crippen LogP contribution in [0.25, 0.3) is 5.65 Å². The summed E-state index contributed by atoms with van der Waals surface area (Å²) in [5, 5.41) is 12.4. The number of fused-ring (bicyclic) bond motifs is 1. The lowest BCUT2D eigenvalue weighted by Gasteiger charge is -1.89. The maximum atomic E-state index is 8.58. The lowest BCUT2D eigenvalue weighted by Crippen LogP contribution is -1.91. The Bertz CT molecular complexity index is 424. The lowest BCUT2D eigenvalue weighted by atomic mass is 10.4. The van der Waals surface area contributed by atoms with E-state index in [1.807, 2.05) is 6.07 Å². The van der Waals surface area contributed by atoms with E-state index >= 15 is 0 Å². The Balaban J connectivity index is 2.92. The van der Waals surface area contributed by atoms with Crippen molar-refractivity contribution in [2.45, 2.75) is 0 Å². The Morgan fingerprint density at radius 2 is 2.45 bits per heavy atom. The molecule has 0 saturated carbocycles. The first-order valence-corrected chi connectivity index (χ1v) is 2.95. The molecule has 0 amide bonds. The second kappa shape index (κ2) is 2.02. The zero-order valence-corrected chi connectivity index (χ0v) is 5.47. The first kappa shape index (κ1) is 5.80. The van der Waals surface area contributed by atoms with Gasteiger partial charge in [-0.15, -0.1) is 0 Å². The molecule has 0 aliphatic rings. The first-order chi connectivity index (χ1) is 5.42. The molecule has 2 aromatic heterocycles. The van der Waals surface area contributed by atoms with Crippen LogP contribution in [-0.4, -0.2) is 19.6 Å². The van der Waals surface area contributed by atoms with Crippen molar-refractivity contribution in [2.75, 3.05) is 0 Å². The Morgan fingerprint density at radius 1 is 1.55 bits per heavy atom. The number of nitriles is 1. The normalized spacial score (nSPS) is 9.73. The fourth-order valence-electron chi connectivity index (χ4n) is 0.835. The van der Waals surface area contributed by atoms with E-state index in [0.29, 0.717) is 11.2 Å². The van der Waals surface area contributed by atoms with Crippen molar-refractivity contribution < 1.29 is 0 Å². The molecule has 11 heavy (non-hydrogen) atoms. The third-order valence-corrected chi connectivity index (χ3v) is 1.31. The monoisotopic (exact) mass is 145 g/mol. The largest absolute Gasteiger partial charge is 0.243 e. The molecule has 0 aliphatic carbocycles. The van der Waals surface area contributed by atoms with E-state index in [1.165, 1.54) is 23.4 Å². The molecule has 0 spiro atoms. The van der Waals surface area contributed by atoms with E-state index in [4.69, 9.17) is 5.26 Å². The fourth-order valence-corrected chi connectivity index (χ4v) is 0.835. The number of nitrogens with zero attached hydrogens (tertiary/aromatic N) is 5. The van der Waals surface area contributed by atoms with Crippen LogP contribution in [-0.2, 0) is 0 Å². The van der Waals surface area contributed by atoms with Gasteiger partial charge in [-0.2, -0.15) is 10.4 Å². The smallest absolute Gasteiger partial charge is 0.176 e. The summed E-state index contributed by atoms with van der Waals surface area (Å²) in [6, 6.07) is 1.97. The second-order valence-corrected chi connectivity index (χ2v) is 1.95. The van der Waals surface area contributed by atoms with Crippen LogP contribution in [0.15, 0.2) is 18.9 Å². The maximum absolute atomic E-state index is 8.58. The van der Waals surface area contributed by atoms with Crippen LogP contribution in [0.3, 0.4) is 0 Å². The van der Waals surface area contributed by atoms with Crippen LogP contribution in [0.2, 0.25) is 0 Å². The molecule has 0 bridgehead atoms. The van der Waals surface area contributed by atoms with Crippen LogP contribution in [0, 0.1) is 11.3 Å². The molecule has 2 heterocycles. The summed E-state index contributed by atoms with van der Waals surface area (Å²) >= 11 is 0. The van der Waals surface area contributed by atoms with Crippen LogP contribution in [0.4, 0.5) is 0 Å². The Kier molecular flexibility index (Phi) is 1.07. The summed E-state index contributed by atoms with van der Waals surface area (Å²) in [5.41, 5.74) is 0.979. The molecule has 5 heteroatoms. The highest BCUT2D eigenvalue weighted by Gasteiger charge is 2.00. The first-order valence-electron chi connectivity index (χ1n) is 2.95. The second-order valence-electron chi connectivity index (χ2n) is 1.95. The number of hydrogen-bond acceptors (Lipinski definition) is 4. The summed E-state index contributed by atoms with van der Waals surface area (Å²) in [7, 11) is 0. The highest BCUT2D eigenvalue weighted by Crippen LogP contribution is 2.01. The molecule has 2 aromatic rings. The summed E-state index contributed by atoms with van der Waals surface area (Å²) in [6.07, 6.45) is 4.35. The molecule has 5 nitrogen and oxygen atoms in total. The molecule has 0 fully saturated rings. The van der Waals surface area contributed by atoms with E-state index in [2.05, 4.69) is 15.1 Å². The van der Waals surface area contributed by atoms with Gasteiger partial charge in [0.25, 0.3) is 0 Å². The molecule has 0 aliphatic heterocycles. The number of hydrogen-bond donors (Lipinski definition) is 0. The average Bonchev–Trinajstić information content (AvgIpc) is 2.50. The van der Waals surface area contributed by atoms with Crippen LogP contribution >= 0.6 is 0 Å². The standard InChI is InChI=1S/C6H3N5/c7-1-5-2-8-4-11-6(5)9-3-10-11/h2-4H. The van der Waals surface area contributed by atoms with Gasteiger partial charge in [-0.25, -0.2) is 14.5 Å². The minimum atomic E-state index is 0.435. The van der Waals surface area contributed by atoms with E-state index < -0.39 is 0 Å². The molecule has 0 radical (unpaired) electrons. The van der Waals surface area contributed by atoms with Crippen molar-refractivity contribution in [1.29, 1.82) is 5.26 Å².